The van der Waals surface area contributed by atoms with Gasteiger partial charge in [0.2, 0.25) is 0 Å². The lowest BCUT2D eigenvalue weighted by Gasteiger charge is -2.01. The van der Waals surface area contributed by atoms with E-state index < -0.39 is 0 Å². The highest BCUT2D eigenvalue weighted by atomic mass is 32.1. The van der Waals surface area contributed by atoms with Crippen molar-refractivity contribution < 1.29 is 0 Å². The maximum absolute atomic E-state index is 4.91. The second-order valence-corrected chi connectivity index (χ2v) is 6.62. The third-order valence-electron chi connectivity index (χ3n) is 4.43. The maximum atomic E-state index is 4.91. The number of H-pyrrole nitrogens is 1. The van der Waals surface area contributed by atoms with E-state index in [-0.39, 0.29) is 0 Å². The molecule has 0 saturated heterocycles. The molecule has 0 spiro atoms. The minimum atomic E-state index is 1.01. The standard InChI is InChI=1S/C20H14N2S/c1-2-6-14-13(5-1)9-10-16(14)20-22-19(12-23-20)17-11-21-18-8-4-3-7-15(17)18/h1-8,10-12,21H,9H2. The molecule has 0 bridgehead atoms. The minimum absolute atomic E-state index is 1.01. The SMILES string of the molecule is C1=C(c2nc(-c3c[nH]c4ccccc34)cs2)c2ccccc2C1. The van der Waals surface area contributed by atoms with Gasteiger partial charge in [-0.1, -0.05) is 48.5 Å². The van der Waals surface area contributed by atoms with Crippen LogP contribution in [0.15, 0.2) is 66.2 Å². The number of hydrogen-bond donors (Lipinski definition) is 1. The fraction of sp³-hybridized carbons (Fsp3) is 0.0500. The molecule has 2 aromatic heterocycles. The highest BCUT2D eigenvalue weighted by Gasteiger charge is 2.18. The molecule has 0 atom stereocenters. The van der Waals surface area contributed by atoms with Crippen LogP contribution >= 0.6 is 11.3 Å². The van der Waals surface area contributed by atoms with Gasteiger partial charge in [0.1, 0.15) is 5.01 Å². The first kappa shape index (κ1) is 12.9. The van der Waals surface area contributed by atoms with E-state index in [1.165, 1.54) is 27.6 Å². The lowest BCUT2D eigenvalue weighted by atomic mass is 10.1. The van der Waals surface area contributed by atoms with Crippen molar-refractivity contribution in [1.29, 1.82) is 0 Å². The Balaban J connectivity index is 1.60. The molecule has 0 saturated carbocycles. The Hall–Kier alpha value is -2.65. The number of fused-ring (bicyclic) bond motifs is 2. The van der Waals surface area contributed by atoms with Crippen LogP contribution in [0, 0.1) is 0 Å². The van der Waals surface area contributed by atoms with Crippen molar-refractivity contribution in [2.75, 3.05) is 0 Å². The second-order valence-electron chi connectivity index (χ2n) is 5.76. The molecule has 4 aromatic rings. The number of aromatic amines is 1. The summed E-state index contributed by atoms with van der Waals surface area (Å²) in [5.74, 6) is 0. The van der Waals surface area contributed by atoms with Gasteiger partial charge < -0.3 is 4.98 Å². The predicted molar refractivity (Wildman–Crippen MR) is 96.6 cm³/mol. The normalized spacial score (nSPS) is 13.3. The summed E-state index contributed by atoms with van der Waals surface area (Å²) in [5, 5.41) is 4.49. The van der Waals surface area contributed by atoms with Crippen molar-refractivity contribution in [2.24, 2.45) is 0 Å². The Kier molecular flexibility index (Phi) is 2.76. The van der Waals surface area contributed by atoms with Crippen molar-refractivity contribution in [2.45, 2.75) is 6.42 Å². The summed E-state index contributed by atoms with van der Waals surface area (Å²) in [6.45, 7) is 0. The molecule has 0 unspecified atom stereocenters. The lowest BCUT2D eigenvalue weighted by molar-refractivity contribution is 1.31. The first-order chi connectivity index (χ1) is 11.4. The van der Waals surface area contributed by atoms with Gasteiger partial charge in [0, 0.05) is 33.6 Å². The fourth-order valence-electron chi connectivity index (χ4n) is 3.29. The van der Waals surface area contributed by atoms with E-state index in [0.29, 0.717) is 0 Å². The molecule has 2 heterocycles. The van der Waals surface area contributed by atoms with Crippen LogP contribution in [-0.4, -0.2) is 9.97 Å². The number of aromatic nitrogens is 2. The Bertz CT molecular complexity index is 1050. The second kappa shape index (κ2) is 4.93. The highest BCUT2D eigenvalue weighted by molar-refractivity contribution is 7.11. The van der Waals surface area contributed by atoms with Crippen molar-refractivity contribution in [3.05, 3.63) is 82.3 Å². The average Bonchev–Trinajstić information content (AvgIpc) is 3.31. The highest BCUT2D eigenvalue weighted by Crippen LogP contribution is 2.37. The van der Waals surface area contributed by atoms with Gasteiger partial charge in [0.15, 0.2) is 0 Å². The molecule has 0 amide bonds. The van der Waals surface area contributed by atoms with E-state index >= 15 is 0 Å². The molecule has 1 aliphatic carbocycles. The lowest BCUT2D eigenvalue weighted by Crippen LogP contribution is -1.86. The first-order valence-corrected chi connectivity index (χ1v) is 8.59. The number of hydrogen-bond acceptors (Lipinski definition) is 2. The van der Waals surface area contributed by atoms with E-state index in [2.05, 4.69) is 71.2 Å². The predicted octanol–water partition coefficient (Wildman–Crippen LogP) is 5.28. The molecule has 2 nitrogen and oxygen atoms in total. The van der Waals surface area contributed by atoms with Crippen LogP contribution in [0.25, 0.3) is 27.7 Å². The van der Waals surface area contributed by atoms with Crippen LogP contribution in [0.5, 0.6) is 0 Å². The summed E-state index contributed by atoms with van der Waals surface area (Å²) in [6, 6.07) is 17.0. The van der Waals surface area contributed by atoms with Crippen molar-refractivity contribution in [1.82, 2.24) is 9.97 Å². The summed E-state index contributed by atoms with van der Waals surface area (Å²) < 4.78 is 0. The van der Waals surface area contributed by atoms with Crippen LogP contribution in [0.4, 0.5) is 0 Å². The van der Waals surface area contributed by atoms with Crippen LogP contribution in [0.1, 0.15) is 16.1 Å². The fourth-order valence-corrected chi connectivity index (χ4v) is 4.16. The summed E-state index contributed by atoms with van der Waals surface area (Å²) in [5.41, 5.74) is 7.38. The minimum Gasteiger partial charge on any atom is -0.360 e. The molecular formula is C20H14N2S. The molecule has 5 rings (SSSR count). The monoisotopic (exact) mass is 314 g/mol. The smallest absolute Gasteiger partial charge is 0.124 e. The quantitative estimate of drug-likeness (QED) is 0.536. The van der Waals surface area contributed by atoms with Gasteiger partial charge in [-0.15, -0.1) is 11.3 Å². The zero-order chi connectivity index (χ0) is 15.2. The van der Waals surface area contributed by atoms with Crippen LogP contribution in [-0.2, 0) is 6.42 Å². The van der Waals surface area contributed by atoms with E-state index in [1.54, 1.807) is 11.3 Å². The van der Waals surface area contributed by atoms with Crippen molar-refractivity contribution in [3.63, 3.8) is 0 Å². The zero-order valence-electron chi connectivity index (χ0n) is 12.4. The van der Waals surface area contributed by atoms with Gasteiger partial charge in [0.25, 0.3) is 0 Å². The molecule has 23 heavy (non-hydrogen) atoms. The van der Waals surface area contributed by atoms with E-state index in [0.717, 1.165) is 22.6 Å². The largest absolute Gasteiger partial charge is 0.360 e. The van der Waals surface area contributed by atoms with Gasteiger partial charge in [-0.25, -0.2) is 4.98 Å². The third-order valence-corrected chi connectivity index (χ3v) is 5.31. The molecule has 3 heteroatoms. The maximum Gasteiger partial charge on any atom is 0.124 e. The first-order valence-electron chi connectivity index (χ1n) is 7.71. The molecule has 0 aliphatic heterocycles. The summed E-state index contributed by atoms with van der Waals surface area (Å²) >= 11 is 1.72. The zero-order valence-corrected chi connectivity index (χ0v) is 13.2. The summed E-state index contributed by atoms with van der Waals surface area (Å²) in [7, 11) is 0. The molecule has 0 fully saturated rings. The molecule has 0 radical (unpaired) electrons. The Morgan fingerprint density at radius 1 is 0.957 bits per heavy atom. The number of para-hydroxylation sites is 1. The van der Waals surface area contributed by atoms with E-state index in [9.17, 15) is 0 Å². The molecule has 2 aromatic carbocycles. The topological polar surface area (TPSA) is 28.7 Å². The number of nitrogens with zero attached hydrogens (tertiary/aromatic N) is 1. The van der Waals surface area contributed by atoms with Crippen LogP contribution in [0.3, 0.4) is 0 Å². The Morgan fingerprint density at radius 2 is 1.83 bits per heavy atom. The van der Waals surface area contributed by atoms with Gasteiger partial charge in [-0.2, -0.15) is 0 Å². The molecule has 1 N–H and O–H groups in total. The number of rotatable bonds is 2. The average molecular weight is 314 g/mol. The van der Waals surface area contributed by atoms with Crippen LogP contribution in [0.2, 0.25) is 0 Å². The summed E-state index contributed by atoms with van der Waals surface area (Å²) in [4.78, 5) is 8.25. The van der Waals surface area contributed by atoms with Gasteiger partial charge in [-0.3, -0.25) is 0 Å². The van der Waals surface area contributed by atoms with Crippen molar-refractivity contribution in [3.8, 4) is 11.3 Å². The van der Waals surface area contributed by atoms with Gasteiger partial charge >= 0.3 is 0 Å². The molecule has 110 valence electrons. The van der Waals surface area contributed by atoms with E-state index in [1.807, 2.05) is 0 Å². The Labute approximate surface area is 138 Å². The molecule has 1 aliphatic rings. The number of nitrogens with one attached hydrogen (secondary N) is 1. The number of thiazole rings is 1. The van der Waals surface area contributed by atoms with Crippen molar-refractivity contribution >= 4 is 27.8 Å². The number of allylic oxidation sites excluding steroid dienone is 1. The van der Waals surface area contributed by atoms with Crippen LogP contribution < -0.4 is 0 Å². The van der Waals surface area contributed by atoms with E-state index in [4.69, 9.17) is 4.98 Å². The Morgan fingerprint density at radius 3 is 2.83 bits per heavy atom. The van der Waals surface area contributed by atoms with Gasteiger partial charge in [-0.05, 0) is 23.6 Å². The third kappa shape index (κ3) is 1.97. The molecular weight excluding hydrogens is 300 g/mol. The van der Waals surface area contributed by atoms with Gasteiger partial charge in [0.05, 0.1) is 5.69 Å². The summed E-state index contributed by atoms with van der Waals surface area (Å²) in [6.07, 6.45) is 5.36. The number of benzene rings is 2.